The summed E-state index contributed by atoms with van der Waals surface area (Å²) in [4.78, 5) is 15.1. The molecule has 4 heteroatoms. The molecular weight excluding hydrogens is 266 g/mol. The fourth-order valence-electron chi connectivity index (χ4n) is 2.17. The molecule has 0 radical (unpaired) electrons. The molecule has 0 amide bonds. The quantitative estimate of drug-likeness (QED) is 0.794. The van der Waals surface area contributed by atoms with Crippen LogP contribution in [0.15, 0.2) is 60.9 Å². The van der Waals surface area contributed by atoms with Crippen LogP contribution in [0.3, 0.4) is 0 Å². The summed E-state index contributed by atoms with van der Waals surface area (Å²) < 4.78 is 5.69. The van der Waals surface area contributed by atoms with Gasteiger partial charge in [-0.15, -0.1) is 0 Å². The van der Waals surface area contributed by atoms with Crippen molar-refractivity contribution in [2.24, 2.45) is 0 Å². The van der Waals surface area contributed by atoms with Crippen LogP contribution >= 0.6 is 0 Å². The average molecular weight is 279 g/mol. The van der Waals surface area contributed by atoms with Crippen molar-refractivity contribution in [1.29, 1.82) is 0 Å². The Labute approximate surface area is 121 Å². The molecule has 0 spiro atoms. The van der Waals surface area contributed by atoms with Crippen molar-refractivity contribution >= 4 is 16.7 Å². The topological polar surface area (TPSA) is 59.4 Å². The molecule has 2 aromatic carbocycles. The van der Waals surface area contributed by atoms with Gasteiger partial charge in [-0.25, -0.2) is 4.79 Å². The molecule has 1 heterocycles. The number of benzene rings is 2. The van der Waals surface area contributed by atoms with Crippen molar-refractivity contribution in [2.75, 3.05) is 0 Å². The lowest BCUT2D eigenvalue weighted by molar-refractivity contribution is 0.0696. The molecule has 0 fully saturated rings. The molecule has 0 unspecified atom stereocenters. The van der Waals surface area contributed by atoms with Crippen molar-refractivity contribution in [1.82, 2.24) is 4.98 Å². The van der Waals surface area contributed by atoms with Crippen molar-refractivity contribution < 1.29 is 14.6 Å². The zero-order valence-corrected chi connectivity index (χ0v) is 11.2. The van der Waals surface area contributed by atoms with Gasteiger partial charge in [0.1, 0.15) is 12.4 Å². The third-order valence-electron chi connectivity index (χ3n) is 3.23. The lowest BCUT2D eigenvalue weighted by Crippen LogP contribution is -2.00. The zero-order chi connectivity index (χ0) is 14.7. The number of aromatic nitrogens is 1. The Morgan fingerprint density at radius 2 is 1.95 bits per heavy atom. The summed E-state index contributed by atoms with van der Waals surface area (Å²) in [5.41, 5.74) is 1.18. The molecule has 104 valence electrons. The van der Waals surface area contributed by atoms with E-state index >= 15 is 0 Å². The first kappa shape index (κ1) is 13.1. The summed E-state index contributed by atoms with van der Waals surface area (Å²) in [6.07, 6.45) is 3.58. The molecule has 0 bridgehead atoms. The van der Waals surface area contributed by atoms with Crippen LogP contribution in [0, 0.1) is 0 Å². The van der Waals surface area contributed by atoms with Gasteiger partial charge in [-0.05, 0) is 23.6 Å². The number of hydrogen-bond donors (Lipinski definition) is 1. The molecule has 0 saturated carbocycles. The molecule has 0 aliphatic rings. The predicted molar refractivity (Wildman–Crippen MR) is 79.5 cm³/mol. The number of ether oxygens (including phenoxy) is 1. The van der Waals surface area contributed by atoms with Crippen LogP contribution in [0.25, 0.3) is 10.8 Å². The normalized spacial score (nSPS) is 10.5. The molecule has 4 nitrogen and oxygen atoms in total. The summed E-state index contributed by atoms with van der Waals surface area (Å²) >= 11 is 0. The number of fused-ring (bicyclic) bond motifs is 1. The van der Waals surface area contributed by atoms with Crippen molar-refractivity contribution in [2.45, 2.75) is 6.61 Å². The number of hydrogen-bond acceptors (Lipinski definition) is 3. The largest absolute Gasteiger partial charge is 0.489 e. The van der Waals surface area contributed by atoms with E-state index in [4.69, 9.17) is 9.84 Å². The molecule has 0 aliphatic heterocycles. The first-order chi connectivity index (χ1) is 10.2. The average Bonchev–Trinajstić information content (AvgIpc) is 2.53. The summed E-state index contributed by atoms with van der Waals surface area (Å²) in [5, 5.41) is 11.1. The van der Waals surface area contributed by atoms with Crippen LogP contribution in [0.2, 0.25) is 0 Å². The number of carbonyl (C=O) groups is 1. The van der Waals surface area contributed by atoms with Gasteiger partial charge < -0.3 is 9.84 Å². The number of rotatable bonds is 4. The standard InChI is InChI=1S/C17H13NO3/c19-17(20)12-5-3-6-15(8-12)21-11-14-10-18-9-13-4-1-2-7-16(13)14/h1-10H,11H2,(H,19,20). The molecule has 21 heavy (non-hydrogen) atoms. The Kier molecular flexibility index (Phi) is 3.51. The number of carboxylic acids is 1. The van der Waals surface area contributed by atoms with E-state index in [1.54, 1.807) is 18.3 Å². The van der Waals surface area contributed by atoms with E-state index in [0.717, 1.165) is 16.3 Å². The lowest BCUT2D eigenvalue weighted by atomic mass is 10.1. The van der Waals surface area contributed by atoms with E-state index in [0.29, 0.717) is 12.4 Å². The molecule has 1 N–H and O–H groups in total. The maximum absolute atomic E-state index is 10.9. The second-order valence-corrected chi connectivity index (χ2v) is 4.64. The van der Waals surface area contributed by atoms with E-state index in [-0.39, 0.29) is 5.56 Å². The SMILES string of the molecule is O=C(O)c1cccc(OCc2cncc3ccccc23)c1. The number of pyridine rings is 1. The Hall–Kier alpha value is -2.88. The highest BCUT2D eigenvalue weighted by Gasteiger charge is 2.05. The smallest absolute Gasteiger partial charge is 0.335 e. The first-order valence-corrected chi connectivity index (χ1v) is 6.52. The van der Waals surface area contributed by atoms with Gasteiger partial charge in [0.15, 0.2) is 0 Å². The third-order valence-corrected chi connectivity index (χ3v) is 3.23. The van der Waals surface area contributed by atoms with Crippen LogP contribution < -0.4 is 4.74 Å². The van der Waals surface area contributed by atoms with E-state index in [9.17, 15) is 4.79 Å². The Morgan fingerprint density at radius 1 is 1.10 bits per heavy atom. The van der Waals surface area contributed by atoms with Crippen LogP contribution in [-0.2, 0) is 6.61 Å². The molecule has 0 atom stereocenters. The molecule has 3 rings (SSSR count). The molecule has 3 aromatic rings. The van der Waals surface area contributed by atoms with Crippen molar-refractivity contribution in [3.63, 3.8) is 0 Å². The summed E-state index contributed by atoms with van der Waals surface area (Å²) in [6.45, 7) is 0.345. The second-order valence-electron chi connectivity index (χ2n) is 4.64. The van der Waals surface area contributed by atoms with Crippen molar-refractivity contribution in [3.05, 3.63) is 72.1 Å². The number of aromatic carboxylic acids is 1. The Bertz CT molecular complexity index is 793. The minimum atomic E-state index is -0.965. The second kappa shape index (κ2) is 5.63. The number of nitrogens with zero attached hydrogens (tertiary/aromatic N) is 1. The fourth-order valence-corrected chi connectivity index (χ4v) is 2.17. The predicted octanol–water partition coefficient (Wildman–Crippen LogP) is 3.51. The zero-order valence-electron chi connectivity index (χ0n) is 11.2. The minimum Gasteiger partial charge on any atom is -0.489 e. The Balaban J connectivity index is 1.84. The van der Waals surface area contributed by atoms with Gasteiger partial charge in [-0.1, -0.05) is 30.3 Å². The molecular formula is C17H13NO3. The summed E-state index contributed by atoms with van der Waals surface area (Å²) in [7, 11) is 0. The van der Waals surface area contributed by atoms with Gasteiger partial charge in [-0.2, -0.15) is 0 Å². The third kappa shape index (κ3) is 2.84. The molecule has 0 aliphatic carbocycles. The first-order valence-electron chi connectivity index (χ1n) is 6.52. The monoisotopic (exact) mass is 279 g/mol. The number of carboxylic acid groups (broad SMARTS) is 1. The van der Waals surface area contributed by atoms with E-state index < -0.39 is 5.97 Å². The van der Waals surface area contributed by atoms with E-state index in [2.05, 4.69) is 4.98 Å². The van der Waals surface area contributed by atoms with Gasteiger partial charge in [0.25, 0.3) is 0 Å². The summed E-state index contributed by atoms with van der Waals surface area (Å²) in [5.74, 6) is -0.435. The maximum atomic E-state index is 10.9. The molecule has 0 saturated heterocycles. The Morgan fingerprint density at radius 3 is 2.81 bits per heavy atom. The van der Waals surface area contributed by atoms with Crippen LogP contribution in [0.4, 0.5) is 0 Å². The minimum absolute atomic E-state index is 0.212. The van der Waals surface area contributed by atoms with Crippen LogP contribution in [-0.4, -0.2) is 16.1 Å². The highest BCUT2D eigenvalue weighted by atomic mass is 16.5. The maximum Gasteiger partial charge on any atom is 0.335 e. The van der Waals surface area contributed by atoms with E-state index in [1.807, 2.05) is 30.5 Å². The highest BCUT2D eigenvalue weighted by Crippen LogP contribution is 2.20. The van der Waals surface area contributed by atoms with Gasteiger partial charge in [-0.3, -0.25) is 4.98 Å². The molecule has 1 aromatic heterocycles. The fraction of sp³-hybridized carbons (Fsp3) is 0.0588. The van der Waals surface area contributed by atoms with Gasteiger partial charge in [0.2, 0.25) is 0 Å². The van der Waals surface area contributed by atoms with Gasteiger partial charge in [0, 0.05) is 23.3 Å². The van der Waals surface area contributed by atoms with Gasteiger partial charge >= 0.3 is 5.97 Å². The van der Waals surface area contributed by atoms with Crippen LogP contribution in [0.1, 0.15) is 15.9 Å². The lowest BCUT2D eigenvalue weighted by Gasteiger charge is -2.09. The van der Waals surface area contributed by atoms with Crippen LogP contribution in [0.5, 0.6) is 5.75 Å². The summed E-state index contributed by atoms with van der Waals surface area (Å²) in [6, 6.07) is 14.4. The van der Waals surface area contributed by atoms with E-state index in [1.165, 1.54) is 12.1 Å². The van der Waals surface area contributed by atoms with Crippen molar-refractivity contribution in [3.8, 4) is 5.75 Å². The van der Waals surface area contributed by atoms with Gasteiger partial charge in [0.05, 0.1) is 5.56 Å². The highest BCUT2D eigenvalue weighted by molar-refractivity contribution is 5.88.